The van der Waals surface area contributed by atoms with Crippen molar-refractivity contribution in [3.8, 4) is 11.5 Å². The van der Waals surface area contributed by atoms with E-state index >= 15 is 0 Å². The number of ether oxygens (including phenoxy) is 2. The Morgan fingerprint density at radius 2 is 1.82 bits per heavy atom. The van der Waals surface area contributed by atoms with Crippen molar-refractivity contribution in [2.24, 2.45) is 0 Å². The van der Waals surface area contributed by atoms with Gasteiger partial charge in [-0.25, -0.2) is 0 Å². The summed E-state index contributed by atoms with van der Waals surface area (Å²) in [6.45, 7) is 6.98. The van der Waals surface area contributed by atoms with Gasteiger partial charge in [0.15, 0.2) is 11.5 Å². The molecule has 0 aliphatic rings. The smallest absolute Gasteiger partial charge is 0.313 e. The first-order valence-electron chi connectivity index (χ1n) is 9.43. The highest BCUT2D eigenvalue weighted by Crippen LogP contribution is 2.28. The Labute approximate surface area is 166 Å². The van der Waals surface area contributed by atoms with E-state index in [0.717, 1.165) is 17.5 Å². The van der Waals surface area contributed by atoms with Crippen LogP contribution in [0.25, 0.3) is 0 Å². The van der Waals surface area contributed by atoms with Crippen molar-refractivity contribution in [3.05, 3.63) is 53.6 Å². The van der Waals surface area contributed by atoms with Crippen LogP contribution in [0.2, 0.25) is 0 Å². The minimum absolute atomic E-state index is 0.211. The minimum Gasteiger partial charge on any atom is -0.493 e. The first-order chi connectivity index (χ1) is 13.4. The fourth-order valence-corrected chi connectivity index (χ4v) is 2.58. The molecule has 0 radical (unpaired) electrons. The maximum atomic E-state index is 12.1. The van der Waals surface area contributed by atoms with Gasteiger partial charge in [0, 0.05) is 12.2 Å². The first kappa shape index (κ1) is 21.3. The second kappa shape index (κ2) is 10.3. The van der Waals surface area contributed by atoms with E-state index in [1.54, 1.807) is 25.3 Å². The average Bonchev–Trinajstić information content (AvgIpc) is 2.70. The molecule has 2 N–H and O–H groups in total. The Morgan fingerprint density at radius 3 is 2.50 bits per heavy atom. The maximum absolute atomic E-state index is 12.1. The van der Waals surface area contributed by atoms with Crippen molar-refractivity contribution >= 4 is 17.5 Å². The van der Waals surface area contributed by atoms with Gasteiger partial charge in [-0.3, -0.25) is 9.59 Å². The summed E-state index contributed by atoms with van der Waals surface area (Å²) in [5.74, 6) is 0.193. The Morgan fingerprint density at radius 1 is 1.04 bits per heavy atom. The van der Waals surface area contributed by atoms with E-state index in [4.69, 9.17) is 9.47 Å². The normalized spacial score (nSPS) is 10.5. The van der Waals surface area contributed by atoms with E-state index in [1.807, 2.05) is 31.2 Å². The van der Waals surface area contributed by atoms with Crippen molar-refractivity contribution in [2.45, 2.75) is 39.7 Å². The second-order valence-electron chi connectivity index (χ2n) is 6.75. The van der Waals surface area contributed by atoms with Gasteiger partial charge in [-0.1, -0.05) is 39.0 Å². The molecule has 0 saturated carbocycles. The summed E-state index contributed by atoms with van der Waals surface area (Å²) in [6, 6.07) is 12.9. The third-order valence-corrected chi connectivity index (χ3v) is 4.16. The molecule has 0 bridgehead atoms. The highest BCUT2D eigenvalue weighted by Gasteiger charge is 2.14. The van der Waals surface area contributed by atoms with Gasteiger partial charge in [-0.2, -0.15) is 0 Å². The van der Waals surface area contributed by atoms with E-state index in [2.05, 4.69) is 24.5 Å². The molecule has 150 valence electrons. The standard InChI is InChI=1S/C22H28N2O4/c1-5-11-28-19-10-9-16(12-20(19)27-4)14-23-21(25)22(26)24-18-8-6-7-17(13-18)15(2)3/h6-10,12-13,15H,5,11,14H2,1-4H3,(H,23,25)(H,24,26). The van der Waals surface area contributed by atoms with Gasteiger partial charge in [0.1, 0.15) is 0 Å². The van der Waals surface area contributed by atoms with Crippen LogP contribution in [0.4, 0.5) is 5.69 Å². The number of anilines is 1. The zero-order valence-electron chi connectivity index (χ0n) is 16.9. The van der Waals surface area contributed by atoms with Crippen molar-refractivity contribution in [1.29, 1.82) is 0 Å². The quantitative estimate of drug-likeness (QED) is 0.678. The SMILES string of the molecule is CCCOc1ccc(CNC(=O)C(=O)Nc2cccc(C(C)C)c2)cc1OC. The summed E-state index contributed by atoms with van der Waals surface area (Å²) in [5.41, 5.74) is 2.50. The number of amides is 2. The van der Waals surface area contributed by atoms with E-state index in [9.17, 15) is 9.59 Å². The fourth-order valence-electron chi connectivity index (χ4n) is 2.58. The van der Waals surface area contributed by atoms with Crippen LogP contribution in [0.15, 0.2) is 42.5 Å². The van der Waals surface area contributed by atoms with Crippen molar-refractivity contribution in [2.75, 3.05) is 19.0 Å². The molecular weight excluding hydrogens is 356 g/mol. The van der Waals surface area contributed by atoms with Crippen molar-refractivity contribution in [1.82, 2.24) is 5.32 Å². The summed E-state index contributed by atoms with van der Waals surface area (Å²) in [4.78, 5) is 24.3. The molecule has 28 heavy (non-hydrogen) atoms. The molecule has 0 aliphatic carbocycles. The van der Waals surface area contributed by atoms with E-state index in [0.29, 0.717) is 29.7 Å². The zero-order chi connectivity index (χ0) is 20.5. The average molecular weight is 384 g/mol. The molecule has 0 unspecified atom stereocenters. The first-order valence-corrected chi connectivity index (χ1v) is 9.43. The molecule has 2 rings (SSSR count). The molecule has 0 heterocycles. The summed E-state index contributed by atoms with van der Waals surface area (Å²) in [5, 5.41) is 5.26. The molecule has 6 nitrogen and oxygen atoms in total. The van der Waals surface area contributed by atoms with Crippen LogP contribution in [-0.4, -0.2) is 25.5 Å². The highest BCUT2D eigenvalue weighted by atomic mass is 16.5. The third kappa shape index (κ3) is 6.01. The van der Waals surface area contributed by atoms with E-state index in [1.165, 1.54) is 0 Å². The molecule has 0 spiro atoms. The minimum atomic E-state index is -0.698. The summed E-state index contributed by atoms with van der Waals surface area (Å²) in [6.07, 6.45) is 0.899. The molecule has 6 heteroatoms. The number of hydrogen-bond donors (Lipinski definition) is 2. The van der Waals surface area contributed by atoms with Gasteiger partial charge in [0.25, 0.3) is 0 Å². The third-order valence-electron chi connectivity index (χ3n) is 4.16. The topological polar surface area (TPSA) is 76.7 Å². The highest BCUT2D eigenvalue weighted by molar-refractivity contribution is 6.39. The van der Waals surface area contributed by atoms with Gasteiger partial charge < -0.3 is 20.1 Å². The van der Waals surface area contributed by atoms with Crippen molar-refractivity contribution in [3.63, 3.8) is 0 Å². The lowest BCUT2D eigenvalue weighted by molar-refractivity contribution is -0.136. The van der Waals surface area contributed by atoms with Gasteiger partial charge in [-0.15, -0.1) is 0 Å². The fraction of sp³-hybridized carbons (Fsp3) is 0.364. The van der Waals surface area contributed by atoms with Gasteiger partial charge in [0.2, 0.25) is 0 Å². The van der Waals surface area contributed by atoms with Crippen LogP contribution in [0.1, 0.15) is 44.2 Å². The molecule has 0 saturated heterocycles. The van der Waals surface area contributed by atoms with Crippen LogP contribution in [0.5, 0.6) is 11.5 Å². The monoisotopic (exact) mass is 384 g/mol. The number of benzene rings is 2. The molecule has 0 aromatic heterocycles. The lowest BCUT2D eigenvalue weighted by Gasteiger charge is -2.12. The Bertz CT molecular complexity index is 818. The van der Waals surface area contributed by atoms with E-state index < -0.39 is 11.8 Å². The van der Waals surface area contributed by atoms with E-state index in [-0.39, 0.29) is 6.54 Å². The number of hydrogen-bond acceptors (Lipinski definition) is 4. The van der Waals surface area contributed by atoms with Crippen LogP contribution in [0, 0.1) is 0 Å². The molecule has 2 aromatic carbocycles. The van der Waals surface area contributed by atoms with Crippen molar-refractivity contribution < 1.29 is 19.1 Å². The van der Waals surface area contributed by atoms with Crippen LogP contribution >= 0.6 is 0 Å². The number of carbonyl (C=O) groups is 2. The molecule has 0 atom stereocenters. The number of nitrogens with one attached hydrogen (secondary N) is 2. The molecule has 2 aromatic rings. The summed E-state index contributed by atoms with van der Waals surface area (Å²) in [7, 11) is 1.56. The molecule has 0 fully saturated rings. The second-order valence-corrected chi connectivity index (χ2v) is 6.75. The molecular formula is C22H28N2O4. The zero-order valence-corrected chi connectivity index (χ0v) is 16.9. The molecule has 0 aliphatic heterocycles. The van der Waals surface area contributed by atoms with Gasteiger partial charge >= 0.3 is 11.8 Å². The van der Waals surface area contributed by atoms with Crippen LogP contribution in [0.3, 0.4) is 0 Å². The Balaban J connectivity index is 1.94. The number of carbonyl (C=O) groups excluding carboxylic acids is 2. The number of rotatable bonds is 8. The van der Waals surface area contributed by atoms with Gasteiger partial charge in [-0.05, 0) is 47.7 Å². The largest absolute Gasteiger partial charge is 0.493 e. The van der Waals surface area contributed by atoms with Gasteiger partial charge in [0.05, 0.1) is 13.7 Å². The predicted octanol–water partition coefficient (Wildman–Crippen LogP) is 3.86. The lowest BCUT2D eigenvalue weighted by Crippen LogP contribution is -2.35. The van der Waals surface area contributed by atoms with Crippen LogP contribution in [-0.2, 0) is 16.1 Å². The predicted molar refractivity (Wildman–Crippen MR) is 110 cm³/mol. The Kier molecular flexibility index (Phi) is 7.87. The van der Waals surface area contributed by atoms with Crippen LogP contribution < -0.4 is 20.1 Å². The summed E-state index contributed by atoms with van der Waals surface area (Å²) >= 11 is 0. The number of methoxy groups -OCH3 is 1. The molecule has 2 amide bonds. The Hall–Kier alpha value is -3.02. The lowest BCUT2D eigenvalue weighted by atomic mass is 10.0. The maximum Gasteiger partial charge on any atom is 0.313 e. The summed E-state index contributed by atoms with van der Waals surface area (Å²) < 4.78 is 10.9.